The number of aromatic nitrogens is 1. The second-order valence-corrected chi connectivity index (χ2v) is 10.7. The zero-order chi connectivity index (χ0) is 30.8. The number of halogens is 1. The van der Waals surface area contributed by atoms with E-state index in [9.17, 15) is 14.4 Å². The van der Waals surface area contributed by atoms with Gasteiger partial charge in [-0.15, -0.1) is 0 Å². The van der Waals surface area contributed by atoms with Crippen LogP contribution < -0.4 is 24.4 Å². The first-order valence-electron chi connectivity index (χ1n) is 13.1. The minimum atomic E-state index is -0.899. The van der Waals surface area contributed by atoms with Gasteiger partial charge in [0.1, 0.15) is 29.1 Å². The van der Waals surface area contributed by atoms with Crippen molar-refractivity contribution in [1.82, 2.24) is 4.57 Å². The first-order valence-corrected chi connectivity index (χ1v) is 14.3. The van der Waals surface area contributed by atoms with Crippen molar-refractivity contribution < 1.29 is 33.0 Å². The number of rotatable bonds is 8. The molecule has 0 bridgehead atoms. The average molecular weight is 623 g/mol. The highest BCUT2D eigenvalue weighted by Crippen LogP contribution is 2.38. The molecule has 0 N–H and O–H groups in total. The van der Waals surface area contributed by atoms with E-state index in [1.54, 1.807) is 68.5 Å². The van der Waals surface area contributed by atoms with Crippen molar-refractivity contribution in [3.63, 3.8) is 0 Å². The molecular formula is C31H27ClN2O8S. The number of allylic oxidation sites excluding steroid dienone is 1. The summed E-state index contributed by atoms with van der Waals surface area (Å²) < 4.78 is 29.1. The predicted molar refractivity (Wildman–Crippen MR) is 160 cm³/mol. The summed E-state index contributed by atoms with van der Waals surface area (Å²) in [6.45, 7) is 3.55. The molecular weight excluding hydrogens is 596 g/mol. The molecule has 1 atom stereocenters. The van der Waals surface area contributed by atoms with Crippen LogP contribution >= 0.6 is 22.9 Å². The van der Waals surface area contributed by atoms with Crippen LogP contribution in [-0.4, -0.2) is 44.4 Å². The van der Waals surface area contributed by atoms with E-state index in [1.165, 1.54) is 25.9 Å². The smallest absolute Gasteiger partial charge is 0.338 e. The van der Waals surface area contributed by atoms with Gasteiger partial charge in [0, 0.05) is 22.2 Å². The van der Waals surface area contributed by atoms with Crippen LogP contribution in [0, 0.1) is 0 Å². The first-order chi connectivity index (χ1) is 20.7. The molecule has 2 aromatic heterocycles. The summed E-state index contributed by atoms with van der Waals surface area (Å²) in [6.07, 6.45) is 1.58. The van der Waals surface area contributed by atoms with Crippen LogP contribution in [0.25, 0.3) is 17.4 Å². The summed E-state index contributed by atoms with van der Waals surface area (Å²) in [4.78, 5) is 44.6. The Labute approximate surface area is 255 Å². The number of nitrogens with zero attached hydrogens (tertiary/aromatic N) is 2. The van der Waals surface area contributed by atoms with Crippen LogP contribution in [0.1, 0.15) is 41.6 Å². The van der Waals surface area contributed by atoms with Gasteiger partial charge in [0.15, 0.2) is 4.80 Å². The number of furan rings is 1. The van der Waals surface area contributed by atoms with Gasteiger partial charge in [0.05, 0.1) is 49.3 Å². The van der Waals surface area contributed by atoms with Crippen molar-refractivity contribution in [3.8, 4) is 22.8 Å². The number of hydrogen-bond acceptors (Lipinski definition) is 10. The fourth-order valence-corrected chi connectivity index (χ4v) is 6.05. The van der Waals surface area contributed by atoms with Crippen LogP contribution in [0.2, 0.25) is 5.02 Å². The molecule has 4 aromatic rings. The van der Waals surface area contributed by atoms with Crippen molar-refractivity contribution in [3.05, 3.63) is 101 Å². The highest BCUT2D eigenvalue weighted by molar-refractivity contribution is 7.07. The number of carbonyl (C=O) groups is 2. The van der Waals surface area contributed by atoms with E-state index in [0.29, 0.717) is 54.2 Å². The Kier molecular flexibility index (Phi) is 8.56. The van der Waals surface area contributed by atoms with E-state index in [2.05, 4.69) is 4.99 Å². The number of ether oxygens (including phenoxy) is 4. The Morgan fingerprint density at radius 1 is 1.07 bits per heavy atom. The molecule has 3 heterocycles. The Hall–Kier alpha value is -4.61. The SMILES string of the molecule is CCOC(=O)C1=C(C)N=c2s/c(=C/c3ccc(-c4cc(Cl)ccc4C(=O)OC)o3)c(=O)n2[C@@H]1c1cc(OC)ccc1OC. The quantitative estimate of drug-likeness (QED) is 0.263. The summed E-state index contributed by atoms with van der Waals surface area (Å²) in [5.41, 5.74) is 1.48. The summed E-state index contributed by atoms with van der Waals surface area (Å²) in [5, 5.41) is 0.412. The van der Waals surface area contributed by atoms with Crippen molar-refractivity contribution in [2.45, 2.75) is 19.9 Å². The number of carbonyl (C=O) groups excluding carboxylic acids is 2. The number of benzene rings is 2. The molecule has 0 fully saturated rings. The minimum Gasteiger partial charge on any atom is -0.497 e. The largest absolute Gasteiger partial charge is 0.497 e. The molecule has 0 saturated carbocycles. The summed E-state index contributed by atoms with van der Waals surface area (Å²) in [6, 6.07) is 12.4. The molecule has 43 heavy (non-hydrogen) atoms. The average Bonchev–Trinajstić information content (AvgIpc) is 3.59. The van der Waals surface area contributed by atoms with Gasteiger partial charge in [0.2, 0.25) is 0 Å². The lowest BCUT2D eigenvalue weighted by Crippen LogP contribution is -2.40. The summed E-state index contributed by atoms with van der Waals surface area (Å²) in [7, 11) is 4.33. The van der Waals surface area contributed by atoms with Crippen LogP contribution in [0.3, 0.4) is 0 Å². The monoisotopic (exact) mass is 622 g/mol. The molecule has 12 heteroatoms. The molecule has 0 amide bonds. The number of thiazole rings is 1. The van der Waals surface area contributed by atoms with Gasteiger partial charge < -0.3 is 23.4 Å². The standard InChI is InChI=1S/C31H27ClN2O8S/c1-6-41-30(37)26-16(2)33-31-34(27(26)22-14-18(38-3)8-11-23(22)39-4)28(35)25(43-31)15-19-9-12-24(42-19)21-13-17(32)7-10-20(21)29(36)40-5/h7-15,27H,6H2,1-5H3/b25-15+/t27-/m1/s1. The third-order valence-corrected chi connectivity index (χ3v) is 8.02. The maximum Gasteiger partial charge on any atom is 0.338 e. The topological polar surface area (TPSA) is 119 Å². The molecule has 0 aliphatic carbocycles. The van der Waals surface area contributed by atoms with Gasteiger partial charge >= 0.3 is 11.9 Å². The van der Waals surface area contributed by atoms with E-state index >= 15 is 0 Å². The van der Waals surface area contributed by atoms with Gasteiger partial charge in [0.25, 0.3) is 5.56 Å². The van der Waals surface area contributed by atoms with E-state index in [1.807, 2.05) is 0 Å². The summed E-state index contributed by atoms with van der Waals surface area (Å²) in [5.74, 6) is 0.557. The lowest BCUT2D eigenvalue weighted by molar-refractivity contribution is -0.139. The van der Waals surface area contributed by atoms with Crippen molar-refractivity contribution in [2.75, 3.05) is 27.9 Å². The molecule has 0 unspecified atom stereocenters. The van der Waals surface area contributed by atoms with Gasteiger partial charge in [-0.3, -0.25) is 9.36 Å². The minimum absolute atomic E-state index is 0.146. The predicted octanol–water partition coefficient (Wildman–Crippen LogP) is 4.52. The Balaban J connectivity index is 1.68. The van der Waals surface area contributed by atoms with Crippen LogP contribution in [-0.2, 0) is 14.3 Å². The fraction of sp³-hybridized carbons (Fsp3) is 0.226. The molecule has 222 valence electrons. The van der Waals surface area contributed by atoms with Crippen LogP contribution in [0.4, 0.5) is 0 Å². The fourth-order valence-electron chi connectivity index (χ4n) is 4.85. The molecule has 0 saturated heterocycles. The third kappa shape index (κ3) is 5.61. The van der Waals surface area contributed by atoms with E-state index in [-0.39, 0.29) is 17.7 Å². The Morgan fingerprint density at radius 2 is 1.86 bits per heavy atom. The maximum atomic E-state index is 14.0. The van der Waals surface area contributed by atoms with Crippen molar-refractivity contribution in [1.29, 1.82) is 0 Å². The van der Waals surface area contributed by atoms with Gasteiger partial charge in [-0.1, -0.05) is 22.9 Å². The second-order valence-electron chi connectivity index (χ2n) is 9.29. The van der Waals surface area contributed by atoms with E-state index < -0.39 is 23.5 Å². The van der Waals surface area contributed by atoms with Crippen LogP contribution in [0.15, 0.2) is 74.0 Å². The number of methoxy groups -OCH3 is 3. The lowest BCUT2D eigenvalue weighted by atomic mass is 9.95. The number of fused-ring (bicyclic) bond motifs is 1. The van der Waals surface area contributed by atoms with Gasteiger partial charge in [-0.2, -0.15) is 0 Å². The second kappa shape index (κ2) is 12.3. The lowest BCUT2D eigenvalue weighted by Gasteiger charge is -2.26. The zero-order valence-electron chi connectivity index (χ0n) is 23.9. The normalized spacial score (nSPS) is 14.7. The molecule has 10 nitrogen and oxygen atoms in total. The Bertz CT molecular complexity index is 1950. The Morgan fingerprint density at radius 3 is 2.56 bits per heavy atom. The molecule has 0 radical (unpaired) electrons. The highest BCUT2D eigenvalue weighted by Gasteiger charge is 2.35. The van der Waals surface area contributed by atoms with Crippen LogP contribution in [0.5, 0.6) is 11.5 Å². The van der Waals surface area contributed by atoms with Gasteiger partial charge in [-0.25, -0.2) is 14.6 Å². The molecule has 0 spiro atoms. The molecule has 5 rings (SSSR count). The zero-order valence-corrected chi connectivity index (χ0v) is 25.5. The molecule has 2 aromatic carbocycles. The first kappa shape index (κ1) is 29.9. The summed E-state index contributed by atoms with van der Waals surface area (Å²) >= 11 is 7.34. The van der Waals surface area contributed by atoms with E-state index in [0.717, 1.165) is 11.3 Å². The van der Waals surface area contributed by atoms with Crippen molar-refractivity contribution >= 4 is 41.0 Å². The molecule has 1 aliphatic rings. The van der Waals surface area contributed by atoms with E-state index in [4.69, 9.17) is 35.0 Å². The van der Waals surface area contributed by atoms with Gasteiger partial charge in [-0.05, 0) is 62.4 Å². The van der Waals surface area contributed by atoms with Crippen molar-refractivity contribution in [2.24, 2.45) is 4.99 Å². The number of hydrogen-bond donors (Lipinski definition) is 0. The maximum absolute atomic E-state index is 14.0. The molecule has 1 aliphatic heterocycles. The highest BCUT2D eigenvalue weighted by atomic mass is 35.5. The number of esters is 2. The third-order valence-electron chi connectivity index (χ3n) is 6.80.